The van der Waals surface area contributed by atoms with Gasteiger partial charge in [0.25, 0.3) is 0 Å². The molecular formula is C22H12O8. The summed E-state index contributed by atoms with van der Waals surface area (Å²) in [7, 11) is 0. The summed E-state index contributed by atoms with van der Waals surface area (Å²) in [5, 5.41) is 0. The van der Waals surface area contributed by atoms with Gasteiger partial charge >= 0.3 is 23.9 Å². The molecule has 0 atom stereocenters. The molecule has 2 heterocycles. The van der Waals surface area contributed by atoms with Crippen molar-refractivity contribution >= 4 is 23.9 Å². The van der Waals surface area contributed by atoms with Crippen molar-refractivity contribution in [3.8, 4) is 17.2 Å². The van der Waals surface area contributed by atoms with E-state index in [1.165, 1.54) is 30.5 Å². The molecule has 0 aromatic heterocycles. The van der Waals surface area contributed by atoms with Crippen molar-refractivity contribution in [2.75, 3.05) is 0 Å². The van der Waals surface area contributed by atoms with Crippen molar-refractivity contribution in [3.05, 3.63) is 89.7 Å². The first kappa shape index (κ1) is 18.9. The van der Waals surface area contributed by atoms with E-state index in [-0.39, 0.29) is 22.3 Å². The molecule has 0 spiro atoms. The van der Waals surface area contributed by atoms with Gasteiger partial charge in [0.05, 0.1) is 28.5 Å². The van der Waals surface area contributed by atoms with Crippen molar-refractivity contribution in [1.29, 1.82) is 0 Å². The maximum Gasteiger partial charge on any atom is 0.347 e. The van der Waals surface area contributed by atoms with Crippen LogP contribution in [0.25, 0.3) is 0 Å². The van der Waals surface area contributed by atoms with Gasteiger partial charge in [-0.1, -0.05) is 12.7 Å². The molecule has 0 amide bonds. The van der Waals surface area contributed by atoms with Crippen molar-refractivity contribution < 1.29 is 38.1 Å². The highest BCUT2D eigenvalue weighted by Gasteiger charge is 2.30. The van der Waals surface area contributed by atoms with Crippen LogP contribution in [0.1, 0.15) is 20.7 Å². The van der Waals surface area contributed by atoms with Crippen LogP contribution in [0.2, 0.25) is 0 Å². The van der Waals surface area contributed by atoms with Crippen LogP contribution in [-0.2, 0) is 19.1 Å². The lowest BCUT2D eigenvalue weighted by atomic mass is 10.1. The van der Waals surface area contributed by atoms with Crippen LogP contribution in [0.4, 0.5) is 0 Å². The van der Waals surface area contributed by atoms with Crippen LogP contribution >= 0.6 is 0 Å². The predicted octanol–water partition coefficient (Wildman–Crippen LogP) is 3.25. The number of rotatable bonds is 6. The molecule has 2 aromatic rings. The van der Waals surface area contributed by atoms with Gasteiger partial charge in [-0.05, 0) is 48.5 Å². The Bertz CT molecular complexity index is 1170. The Hall–Kier alpha value is -4.46. The summed E-state index contributed by atoms with van der Waals surface area (Å²) in [6, 6.07) is 10.9. The fourth-order valence-corrected chi connectivity index (χ4v) is 2.80. The molecule has 4 rings (SSSR count). The van der Waals surface area contributed by atoms with Crippen LogP contribution in [-0.4, -0.2) is 23.9 Å². The second-order valence-corrected chi connectivity index (χ2v) is 6.09. The number of hydrogen-bond acceptors (Lipinski definition) is 8. The third-order valence-electron chi connectivity index (χ3n) is 4.23. The first-order chi connectivity index (χ1) is 14.5. The summed E-state index contributed by atoms with van der Waals surface area (Å²) in [4.78, 5) is 46.1. The molecule has 2 aliphatic heterocycles. The molecule has 0 radical (unpaired) electrons. The molecule has 0 N–H and O–H groups in total. The summed E-state index contributed by atoms with van der Waals surface area (Å²) >= 11 is 0. The molecule has 8 nitrogen and oxygen atoms in total. The van der Waals surface area contributed by atoms with E-state index in [4.69, 9.17) is 9.47 Å². The molecule has 2 aromatic carbocycles. The molecule has 0 saturated carbocycles. The van der Waals surface area contributed by atoms with E-state index in [0.717, 1.165) is 0 Å². The van der Waals surface area contributed by atoms with Gasteiger partial charge < -0.3 is 18.9 Å². The lowest BCUT2D eigenvalue weighted by Gasteiger charge is -2.07. The van der Waals surface area contributed by atoms with Crippen LogP contribution in [0.15, 0.2) is 78.6 Å². The zero-order valence-electron chi connectivity index (χ0n) is 15.2. The SMILES string of the molecule is C=CC1=C(/C=C/Oc2ccc(Oc3ccc4c(c3)C(=O)OC4=O)cc2)C(=O)OC1=O. The zero-order valence-corrected chi connectivity index (χ0v) is 15.2. The number of benzene rings is 2. The van der Waals surface area contributed by atoms with E-state index in [1.54, 1.807) is 30.3 Å². The van der Waals surface area contributed by atoms with E-state index in [1.807, 2.05) is 0 Å². The summed E-state index contributed by atoms with van der Waals surface area (Å²) in [6.45, 7) is 3.47. The van der Waals surface area contributed by atoms with E-state index in [0.29, 0.717) is 17.2 Å². The number of hydrogen-bond donors (Lipinski definition) is 0. The number of fused-ring (bicyclic) bond motifs is 1. The van der Waals surface area contributed by atoms with Crippen molar-refractivity contribution in [2.24, 2.45) is 0 Å². The Labute approximate surface area is 169 Å². The number of ether oxygens (including phenoxy) is 4. The Morgan fingerprint density at radius 2 is 1.30 bits per heavy atom. The van der Waals surface area contributed by atoms with Gasteiger partial charge in [0.15, 0.2) is 0 Å². The van der Waals surface area contributed by atoms with Crippen molar-refractivity contribution in [1.82, 2.24) is 0 Å². The molecule has 0 unspecified atom stereocenters. The molecular weight excluding hydrogens is 392 g/mol. The first-order valence-corrected chi connectivity index (χ1v) is 8.61. The van der Waals surface area contributed by atoms with Gasteiger partial charge in [-0.15, -0.1) is 0 Å². The normalized spacial score (nSPS) is 15.3. The van der Waals surface area contributed by atoms with E-state index in [9.17, 15) is 19.2 Å². The Morgan fingerprint density at radius 3 is 2.03 bits per heavy atom. The summed E-state index contributed by atoms with van der Waals surface area (Å²) < 4.78 is 20.1. The van der Waals surface area contributed by atoms with Gasteiger partial charge in [-0.25, -0.2) is 19.2 Å². The van der Waals surface area contributed by atoms with E-state index >= 15 is 0 Å². The van der Waals surface area contributed by atoms with E-state index < -0.39 is 23.9 Å². The average Bonchev–Trinajstić information content (AvgIpc) is 3.17. The largest absolute Gasteiger partial charge is 0.465 e. The average molecular weight is 404 g/mol. The third kappa shape index (κ3) is 3.49. The molecule has 0 saturated heterocycles. The fraction of sp³-hybridized carbons (Fsp3) is 0. The number of carbonyl (C=O) groups excluding carboxylic acids is 4. The van der Waals surface area contributed by atoms with Gasteiger partial charge in [0, 0.05) is 0 Å². The molecule has 0 bridgehead atoms. The molecule has 148 valence electrons. The van der Waals surface area contributed by atoms with Crippen molar-refractivity contribution in [2.45, 2.75) is 0 Å². The topological polar surface area (TPSA) is 105 Å². The Morgan fingerprint density at radius 1 is 0.700 bits per heavy atom. The fourth-order valence-electron chi connectivity index (χ4n) is 2.80. The maximum atomic E-state index is 11.6. The zero-order chi connectivity index (χ0) is 21.3. The smallest absolute Gasteiger partial charge is 0.347 e. The molecule has 2 aliphatic rings. The molecule has 0 aliphatic carbocycles. The summed E-state index contributed by atoms with van der Waals surface area (Å²) in [6.07, 6.45) is 3.81. The summed E-state index contributed by atoms with van der Waals surface area (Å²) in [5.41, 5.74) is 0.484. The predicted molar refractivity (Wildman–Crippen MR) is 101 cm³/mol. The quantitative estimate of drug-likeness (QED) is 0.410. The minimum atomic E-state index is -0.765. The minimum Gasteiger partial charge on any atom is -0.465 e. The standard InChI is InChI=1S/C22H12O8/c1-2-15-17(21(25)29-19(15)23)9-10-27-12-3-5-13(6-4-12)28-14-7-8-16-18(11-14)22(26)30-20(16)24/h2-11H,1H2/b10-9+. The maximum absolute atomic E-state index is 11.6. The Balaban J connectivity index is 1.42. The van der Waals surface area contributed by atoms with Crippen LogP contribution < -0.4 is 9.47 Å². The van der Waals surface area contributed by atoms with Gasteiger partial charge in [-0.3, -0.25) is 0 Å². The van der Waals surface area contributed by atoms with Gasteiger partial charge in [0.1, 0.15) is 17.2 Å². The highest BCUT2D eigenvalue weighted by Crippen LogP contribution is 2.29. The highest BCUT2D eigenvalue weighted by atomic mass is 16.6. The van der Waals surface area contributed by atoms with E-state index in [2.05, 4.69) is 16.1 Å². The van der Waals surface area contributed by atoms with Crippen molar-refractivity contribution in [3.63, 3.8) is 0 Å². The Kier molecular flexibility index (Phi) is 4.73. The molecule has 30 heavy (non-hydrogen) atoms. The molecule has 0 fully saturated rings. The lowest BCUT2D eigenvalue weighted by molar-refractivity contribution is -0.150. The van der Waals surface area contributed by atoms with Crippen LogP contribution in [0.5, 0.6) is 17.2 Å². The summed E-state index contributed by atoms with van der Waals surface area (Å²) in [5.74, 6) is -1.63. The number of esters is 4. The van der Waals surface area contributed by atoms with Crippen LogP contribution in [0, 0.1) is 0 Å². The monoisotopic (exact) mass is 404 g/mol. The highest BCUT2D eigenvalue weighted by molar-refractivity contribution is 6.15. The van der Waals surface area contributed by atoms with Crippen LogP contribution in [0.3, 0.4) is 0 Å². The number of carbonyl (C=O) groups is 4. The van der Waals surface area contributed by atoms with Gasteiger partial charge in [0.2, 0.25) is 0 Å². The third-order valence-corrected chi connectivity index (χ3v) is 4.23. The second kappa shape index (κ2) is 7.51. The van der Waals surface area contributed by atoms with Gasteiger partial charge in [-0.2, -0.15) is 0 Å². The first-order valence-electron chi connectivity index (χ1n) is 8.61. The number of cyclic esters (lactones) is 4. The minimum absolute atomic E-state index is 0.0589. The molecule has 8 heteroatoms. The second-order valence-electron chi connectivity index (χ2n) is 6.09. The lowest BCUT2D eigenvalue weighted by Crippen LogP contribution is -2.01.